The molecule has 0 saturated carbocycles. The molecule has 2 aromatic rings. The molecule has 33 heavy (non-hydrogen) atoms. The predicted molar refractivity (Wildman–Crippen MR) is 111 cm³/mol. The molecule has 1 saturated heterocycles. The second-order valence-corrected chi connectivity index (χ2v) is 7.24. The minimum Gasteiger partial charge on any atom is -0.481 e. The molecule has 2 N–H and O–H groups in total. The highest BCUT2D eigenvalue weighted by molar-refractivity contribution is 5.75. The maximum Gasteiger partial charge on any atom is 0.303 e. The summed E-state index contributed by atoms with van der Waals surface area (Å²) >= 11 is 0. The van der Waals surface area contributed by atoms with Crippen molar-refractivity contribution in [3.8, 4) is 5.69 Å². The van der Waals surface area contributed by atoms with Crippen LogP contribution in [0.5, 0.6) is 0 Å². The number of piperazine rings is 1. The summed E-state index contributed by atoms with van der Waals surface area (Å²) in [6.07, 6.45) is 1.08. The molecular weight excluding hydrogens is 442 g/mol. The molecule has 1 aliphatic rings. The van der Waals surface area contributed by atoms with Crippen molar-refractivity contribution in [2.75, 3.05) is 32.9 Å². The Morgan fingerprint density at radius 3 is 2.18 bits per heavy atom. The summed E-state index contributed by atoms with van der Waals surface area (Å²) in [5, 5.41) is 20.1. The fraction of sp³-hybridized carbons (Fsp3) is 0.429. The smallest absolute Gasteiger partial charge is 0.303 e. The lowest BCUT2D eigenvalue weighted by molar-refractivity contribution is -0.143. The Balaban J connectivity index is 0.000000414. The van der Waals surface area contributed by atoms with E-state index >= 15 is 0 Å². The van der Waals surface area contributed by atoms with Gasteiger partial charge in [0.2, 0.25) is 5.91 Å². The summed E-state index contributed by atoms with van der Waals surface area (Å²) in [6, 6.07) is 5.41. The monoisotopic (exact) mass is 468 g/mol. The Hall–Kier alpha value is -3.38. The van der Waals surface area contributed by atoms with Crippen LogP contribution in [0.2, 0.25) is 0 Å². The number of hydrogen-bond donors (Lipinski definition) is 2. The molecule has 0 aliphatic carbocycles. The van der Waals surface area contributed by atoms with Crippen LogP contribution in [0.1, 0.15) is 25.5 Å². The maximum atomic E-state index is 13.3. The van der Waals surface area contributed by atoms with Crippen molar-refractivity contribution in [1.82, 2.24) is 19.6 Å². The van der Waals surface area contributed by atoms with Gasteiger partial charge in [0, 0.05) is 45.4 Å². The molecule has 1 aromatic heterocycles. The highest BCUT2D eigenvalue weighted by atomic mass is 19.2. The number of hydrogen-bond acceptors (Lipinski definition) is 6. The normalized spacial score (nSPS) is 13.8. The number of benzene rings is 1. The zero-order valence-corrected chi connectivity index (χ0v) is 18.1. The van der Waals surface area contributed by atoms with E-state index in [1.54, 1.807) is 19.2 Å². The Bertz CT molecular complexity index is 946. The molecule has 1 fully saturated rings. The van der Waals surface area contributed by atoms with Gasteiger partial charge in [0.25, 0.3) is 0 Å². The number of halogens is 2. The van der Waals surface area contributed by atoms with Crippen LogP contribution in [0.15, 0.2) is 30.5 Å². The average molecular weight is 468 g/mol. The number of aliphatic carboxylic acids is 2. The van der Waals surface area contributed by atoms with E-state index in [4.69, 9.17) is 14.9 Å². The number of aromatic nitrogens is 2. The highest BCUT2D eigenvalue weighted by Crippen LogP contribution is 2.13. The van der Waals surface area contributed by atoms with Crippen LogP contribution in [-0.2, 0) is 25.7 Å². The summed E-state index contributed by atoms with van der Waals surface area (Å²) in [4.78, 5) is 34.5. The molecule has 2 heterocycles. The molecule has 1 aliphatic heterocycles. The van der Waals surface area contributed by atoms with Gasteiger partial charge in [-0.25, -0.2) is 13.5 Å². The van der Waals surface area contributed by atoms with Gasteiger partial charge in [0.15, 0.2) is 11.6 Å². The third kappa shape index (κ3) is 8.94. The fourth-order valence-electron chi connectivity index (χ4n) is 2.90. The number of ether oxygens (including phenoxy) is 1. The van der Waals surface area contributed by atoms with E-state index in [2.05, 4.69) is 10.00 Å². The van der Waals surface area contributed by atoms with E-state index in [0.717, 1.165) is 25.2 Å². The Morgan fingerprint density at radius 2 is 1.64 bits per heavy atom. The van der Waals surface area contributed by atoms with Gasteiger partial charge in [-0.2, -0.15) is 5.10 Å². The molecule has 0 atom stereocenters. The molecule has 0 bridgehead atoms. The number of carbonyl (C=O) groups excluding carboxylic acids is 1. The van der Waals surface area contributed by atoms with Gasteiger partial charge in [-0.1, -0.05) is 0 Å². The van der Waals surface area contributed by atoms with Gasteiger partial charge in [0.05, 0.1) is 37.6 Å². The minimum atomic E-state index is -1.08. The number of rotatable bonds is 8. The molecule has 1 aromatic carbocycles. The van der Waals surface area contributed by atoms with E-state index < -0.39 is 23.6 Å². The molecule has 12 heteroatoms. The topological polar surface area (TPSA) is 125 Å². The Labute approximate surface area is 189 Å². The molecule has 0 radical (unpaired) electrons. The van der Waals surface area contributed by atoms with Crippen molar-refractivity contribution in [1.29, 1.82) is 0 Å². The molecular formula is C21H26F2N4O6. The van der Waals surface area contributed by atoms with Crippen molar-refractivity contribution in [2.45, 2.75) is 26.4 Å². The van der Waals surface area contributed by atoms with Gasteiger partial charge >= 0.3 is 11.9 Å². The number of carboxylic acids is 2. The van der Waals surface area contributed by atoms with Crippen LogP contribution in [-0.4, -0.2) is 80.5 Å². The summed E-state index contributed by atoms with van der Waals surface area (Å²) in [5.41, 5.74) is 1.15. The quantitative estimate of drug-likeness (QED) is 0.600. The van der Waals surface area contributed by atoms with Crippen LogP contribution < -0.4 is 0 Å². The van der Waals surface area contributed by atoms with Crippen LogP contribution in [0.25, 0.3) is 5.69 Å². The van der Waals surface area contributed by atoms with Crippen LogP contribution in [0.3, 0.4) is 0 Å². The zero-order chi connectivity index (χ0) is 24.4. The van der Waals surface area contributed by atoms with Crippen LogP contribution >= 0.6 is 0 Å². The Kier molecular flexibility index (Phi) is 9.88. The average Bonchev–Trinajstić information content (AvgIpc) is 3.24. The van der Waals surface area contributed by atoms with Gasteiger partial charge in [0.1, 0.15) is 0 Å². The van der Waals surface area contributed by atoms with Crippen molar-refractivity contribution in [3.05, 3.63) is 47.8 Å². The van der Waals surface area contributed by atoms with Crippen molar-refractivity contribution >= 4 is 17.8 Å². The molecule has 180 valence electrons. The van der Waals surface area contributed by atoms with Gasteiger partial charge in [-0.15, -0.1) is 0 Å². The van der Waals surface area contributed by atoms with Crippen molar-refractivity contribution in [2.24, 2.45) is 0 Å². The molecule has 3 rings (SSSR count). The number of carbonyl (C=O) groups is 3. The minimum absolute atomic E-state index is 0.100. The SMILES string of the molecule is CC(=O)N1CCN(COCc2ccn(-c3ccc(F)c(F)c3)n2)CC1.O=C(O)CCC(=O)O. The molecule has 1 amide bonds. The Morgan fingerprint density at radius 1 is 1.00 bits per heavy atom. The third-order valence-corrected chi connectivity index (χ3v) is 4.71. The first-order chi connectivity index (χ1) is 15.7. The molecule has 0 spiro atoms. The van der Waals surface area contributed by atoms with E-state index in [1.165, 1.54) is 10.7 Å². The summed E-state index contributed by atoms with van der Waals surface area (Å²) in [6.45, 7) is 5.35. The van der Waals surface area contributed by atoms with E-state index in [0.29, 0.717) is 37.8 Å². The predicted octanol–water partition coefficient (Wildman–Crippen LogP) is 1.72. The number of nitrogens with zero attached hydrogens (tertiary/aromatic N) is 4. The lowest BCUT2D eigenvalue weighted by Gasteiger charge is -2.33. The largest absolute Gasteiger partial charge is 0.481 e. The third-order valence-electron chi connectivity index (χ3n) is 4.71. The summed E-state index contributed by atoms with van der Waals surface area (Å²) in [7, 11) is 0. The fourth-order valence-corrected chi connectivity index (χ4v) is 2.90. The van der Waals surface area contributed by atoms with Crippen molar-refractivity contribution < 1.29 is 38.1 Å². The highest BCUT2D eigenvalue weighted by Gasteiger charge is 2.18. The van der Waals surface area contributed by atoms with Gasteiger partial charge < -0.3 is 19.8 Å². The van der Waals surface area contributed by atoms with E-state index in [-0.39, 0.29) is 18.7 Å². The standard InChI is InChI=1S/C17H20F2N4O2.C4H6O4/c1-13(24)22-8-6-21(7-9-22)12-25-11-14-4-5-23(20-14)15-2-3-16(18)17(19)10-15;5-3(6)1-2-4(7)8/h2-5,10H,6-9,11-12H2,1H3;1-2H2,(H,5,6)(H,7,8). The van der Waals surface area contributed by atoms with E-state index in [9.17, 15) is 23.2 Å². The first-order valence-corrected chi connectivity index (χ1v) is 10.1. The number of amides is 1. The second kappa shape index (κ2) is 12.6. The maximum absolute atomic E-state index is 13.3. The zero-order valence-electron chi connectivity index (χ0n) is 18.1. The molecule has 10 nitrogen and oxygen atoms in total. The first kappa shape index (κ1) is 25.9. The molecule has 0 unspecified atom stereocenters. The summed E-state index contributed by atoms with van der Waals surface area (Å²) < 4.78 is 33.4. The first-order valence-electron chi connectivity index (χ1n) is 10.1. The van der Waals surface area contributed by atoms with Crippen LogP contribution in [0, 0.1) is 11.6 Å². The van der Waals surface area contributed by atoms with Gasteiger partial charge in [-0.3, -0.25) is 19.3 Å². The summed E-state index contributed by atoms with van der Waals surface area (Å²) in [5.74, 6) is -3.84. The van der Waals surface area contributed by atoms with Crippen molar-refractivity contribution in [3.63, 3.8) is 0 Å². The van der Waals surface area contributed by atoms with Gasteiger partial charge in [-0.05, 0) is 18.2 Å². The second-order valence-electron chi connectivity index (χ2n) is 7.24. The van der Waals surface area contributed by atoms with E-state index in [1.807, 2.05) is 4.90 Å². The lowest BCUT2D eigenvalue weighted by Crippen LogP contribution is -2.48. The number of carboxylic acid groups (broad SMARTS) is 2. The lowest BCUT2D eigenvalue weighted by atomic mass is 10.3. The van der Waals surface area contributed by atoms with Crippen LogP contribution in [0.4, 0.5) is 8.78 Å².